The van der Waals surface area contributed by atoms with Gasteiger partial charge in [-0.3, -0.25) is 10.1 Å². The van der Waals surface area contributed by atoms with Crippen LogP contribution < -0.4 is 11.1 Å². The van der Waals surface area contributed by atoms with Crippen molar-refractivity contribution >= 4 is 5.91 Å². The third-order valence-electron chi connectivity index (χ3n) is 3.07. The van der Waals surface area contributed by atoms with Crippen LogP contribution >= 0.6 is 0 Å². The Balaban J connectivity index is 3.19. The van der Waals surface area contributed by atoms with E-state index in [4.69, 9.17) is 5.73 Å². The monoisotopic (exact) mass is 274 g/mol. The first-order valence-corrected chi connectivity index (χ1v) is 5.75. The summed E-state index contributed by atoms with van der Waals surface area (Å²) in [7, 11) is 0. The number of primary amides is 1. The molecule has 1 aromatic rings. The molecule has 0 aliphatic carbocycles. The van der Waals surface area contributed by atoms with Crippen LogP contribution in [0.4, 0.5) is 13.2 Å². The second-order valence-electron chi connectivity index (χ2n) is 4.78. The second kappa shape index (κ2) is 5.21. The highest BCUT2D eigenvalue weighted by Gasteiger charge is 2.38. The van der Waals surface area contributed by atoms with Gasteiger partial charge in [-0.1, -0.05) is 23.8 Å². The van der Waals surface area contributed by atoms with Gasteiger partial charge in [0.2, 0.25) is 5.91 Å². The van der Waals surface area contributed by atoms with Crippen LogP contribution in [0.2, 0.25) is 0 Å². The van der Waals surface area contributed by atoms with Crippen molar-refractivity contribution < 1.29 is 18.0 Å². The molecule has 0 aliphatic rings. The number of hydrogen-bond donors (Lipinski definition) is 2. The molecule has 0 fully saturated rings. The molecule has 0 heterocycles. The van der Waals surface area contributed by atoms with Gasteiger partial charge in [-0.2, -0.15) is 13.2 Å². The van der Waals surface area contributed by atoms with Gasteiger partial charge in [-0.05, 0) is 31.9 Å². The van der Waals surface area contributed by atoms with Crippen LogP contribution in [0, 0.1) is 13.8 Å². The van der Waals surface area contributed by atoms with Gasteiger partial charge in [0.05, 0.1) is 6.54 Å². The van der Waals surface area contributed by atoms with Crippen molar-refractivity contribution in [3.8, 4) is 0 Å². The molecule has 0 spiro atoms. The third-order valence-corrected chi connectivity index (χ3v) is 3.07. The van der Waals surface area contributed by atoms with Crippen LogP contribution in [0.1, 0.15) is 23.6 Å². The normalized spacial score (nSPS) is 15.1. The van der Waals surface area contributed by atoms with Gasteiger partial charge in [-0.15, -0.1) is 0 Å². The van der Waals surface area contributed by atoms with E-state index in [1.54, 1.807) is 26.0 Å². The molecule has 6 heteroatoms. The fourth-order valence-corrected chi connectivity index (χ4v) is 1.87. The van der Waals surface area contributed by atoms with E-state index in [1.165, 1.54) is 6.92 Å². The Bertz CT molecular complexity index is 485. The van der Waals surface area contributed by atoms with E-state index in [-0.39, 0.29) is 0 Å². The second-order valence-corrected chi connectivity index (χ2v) is 4.78. The quantitative estimate of drug-likeness (QED) is 0.884. The van der Waals surface area contributed by atoms with Crippen LogP contribution in [-0.2, 0) is 10.3 Å². The first-order valence-electron chi connectivity index (χ1n) is 5.75. The lowest BCUT2D eigenvalue weighted by Crippen LogP contribution is -2.53. The molecule has 3 nitrogen and oxygen atoms in total. The zero-order valence-electron chi connectivity index (χ0n) is 11.1. The highest BCUT2D eigenvalue weighted by Crippen LogP contribution is 2.26. The molecule has 1 rings (SSSR count). The van der Waals surface area contributed by atoms with E-state index >= 15 is 0 Å². The first kappa shape index (κ1) is 15.5. The lowest BCUT2D eigenvalue weighted by Gasteiger charge is -2.30. The molecule has 3 N–H and O–H groups in total. The van der Waals surface area contributed by atoms with Crippen LogP contribution in [0.5, 0.6) is 0 Å². The lowest BCUT2D eigenvalue weighted by atomic mass is 9.86. The van der Waals surface area contributed by atoms with E-state index < -0.39 is 24.2 Å². The van der Waals surface area contributed by atoms with Crippen molar-refractivity contribution in [3.05, 3.63) is 34.9 Å². The predicted octanol–water partition coefficient (Wildman–Crippen LogP) is 2.16. The van der Waals surface area contributed by atoms with Gasteiger partial charge < -0.3 is 5.73 Å². The minimum atomic E-state index is -4.41. The summed E-state index contributed by atoms with van der Waals surface area (Å²) in [5.74, 6) is -0.842. The highest BCUT2D eigenvalue weighted by molar-refractivity contribution is 5.86. The molecule has 106 valence electrons. The van der Waals surface area contributed by atoms with Gasteiger partial charge in [-0.25, -0.2) is 0 Å². The number of nitrogens with one attached hydrogen (secondary N) is 1. The summed E-state index contributed by atoms with van der Waals surface area (Å²) in [4.78, 5) is 11.6. The number of rotatable bonds is 4. The molecular formula is C13H17F3N2O. The third kappa shape index (κ3) is 3.70. The van der Waals surface area contributed by atoms with Crippen LogP contribution in [0.15, 0.2) is 18.2 Å². The van der Waals surface area contributed by atoms with E-state index in [0.29, 0.717) is 11.1 Å². The van der Waals surface area contributed by atoms with Crippen LogP contribution in [0.25, 0.3) is 0 Å². The topological polar surface area (TPSA) is 55.1 Å². The average Bonchev–Trinajstić information content (AvgIpc) is 2.28. The van der Waals surface area contributed by atoms with E-state index in [2.05, 4.69) is 5.32 Å². The number of alkyl halides is 3. The van der Waals surface area contributed by atoms with E-state index in [9.17, 15) is 18.0 Å². The van der Waals surface area contributed by atoms with Crippen molar-refractivity contribution in [1.82, 2.24) is 5.32 Å². The largest absolute Gasteiger partial charge is 0.401 e. The summed E-state index contributed by atoms with van der Waals surface area (Å²) in [5, 5.41) is 2.22. The summed E-state index contributed by atoms with van der Waals surface area (Å²) in [6.07, 6.45) is -4.41. The van der Waals surface area contributed by atoms with Crippen molar-refractivity contribution in [2.24, 2.45) is 5.73 Å². The zero-order valence-corrected chi connectivity index (χ0v) is 11.1. The molecule has 0 aliphatic heterocycles. The molecule has 1 unspecified atom stereocenters. The molecule has 0 saturated heterocycles. The molecule has 0 radical (unpaired) electrons. The molecule has 19 heavy (non-hydrogen) atoms. The van der Waals surface area contributed by atoms with Gasteiger partial charge in [0.25, 0.3) is 0 Å². The maximum atomic E-state index is 12.3. The Labute approximate surface area is 110 Å². The van der Waals surface area contributed by atoms with E-state index in [0.717, 1.165) is 5.56 Å². The van der Waals surface area contributed by atoms with Gasteiger partial charge in [0.1, 0.15) is 5.54 Å². The summed E-state index contributed by atoms with van der Waals surface area (Å²) in [6.45, 7) is 3.61. The molecule has 0 saturated carbocycles. The number of benzene rings is 1. The maximum absolute atomic E-state index is 12.3. The fourth-order valence-electron chi connectivity index (χ4n) is 1.87. The lowest BCUT2D eigenvalue weighted by molar-refractivity contribution is -0.135. The van der Waals surface area contributed by atoms with Crippen molar-refractivity contribution in [3.63, 3.8) is 0 Å². The molecule has 0 aromatic heterocycles. The molecular weight excluding hydrogens is 257 g/mol. The van der Waals surface area contributed by atoms with E-state index in [1.807, 2.05) is 6.07 Å². The van der Waals surface area contributed by atoms with Crippen molar-refractivity contribution in [2.45, 2.75) is 32.5 Å². The van der Waals surface area contributed by atoms with Crippen LogP contribution in [-0.4, -0.2) is 18.6 Å². The number of carbonyl (C=O) groups excluding carboxylic acids is 1. The molecule has 1 aromatic carbocycles. The number of aryl methyl sites for hydroxylation is 2. The molecule has 0 bridgehead atoms. The Morgan fingerprint density at radius 2 is 1.89 bits per heavy atom. The molecule has 1 atom stereocenters. The predicted molar refractivity (Wildman–Crippen MR) is 66.5 cm³/mol. The maximum Gasteiger partial charge on any atom is 0.401 e. The number of amides is 1. The highest BCUT2D eigenvalue weighted by atomic mass is 19.4. The van der Waals surface area contributed by atoms with Crippen LogP contribution in [0.3, 0.4) is 0 Å². The van der Waals surface area contributed by atoms with Crippen molar-refractivity contribution in [1.29, 1.82) is 0 Å². The Morgan fingerprint density at radius 3 is 2.37 bits per heavy atom. The summed E-state index contributed by atoms with van der Waals surface area (Å²) < 4.78 is 37.0. The Morgan fingerprint density at radius 1 is 1.32 bits per heavy atom. The first-order chi connectivity index (χ1) is 8.56. The SMILES string of the molecule is Cc1ccc(C)c(C(C)(NCC(F)(F)F)C(N)=O)c1. The fraction of sp³-hybridized carbons (Fsp3) is 0.462. The van der Waals surface area contributed by atoms with Gasteiger partial charge >= 0.3 is 6.18 Å². The number of nitrogens with two attached hydrogens (primary N) is 1. The van der Waals surface area contributed by atoms with Crippen molar-refractivity contribution in [2.75, 3.05) is 6.54 Å². The van der Waals surface area contributed by atoms with Gasteiger partial charge in [0, 0.05) is 0 Å². The number of halogens is 3. The zero-order chi connectivity index (χ0) is 14.8. The summed E-state index contributed by atoms with van der Waals surface area (Å²) in [5.41, 5.74) is 5.75. The standard InChI is InChI=1S/C13H17F3N2O/c1-8-4-5-9(2)10(6-8)12(3,11(17)19)18-7-13(14,15)16/h4-6,18H,7H2,1-3H3,(H2,17,19). The number of carbonyl (C=O) groups is 1. The minimum Gasteiger partial charge on any atom is -0.368 e. The number of hydrogen-bond acceptors (Lipinski definition) is 2. The summed E-state index contributed by atoms with van der Waals surface area (Å²) >= 11 is 0. The van der Waals surface area contributed by atoms with Gasteiger partial charge in [0.15, 0.2) is 0 Å². The Hall–Kier alpha value is -1.56. The minimum absolute atomic E-state index is 0.462. The Kier molecular flexibility index (Phi) is 4.25. The molecule has 1 amide bonds. The summed E-state index contributed by atoms with van der Waals surface area (Å²) in [6, 6.07) is 5.24. The smallest absolute Gasteiger partial charge is 0.368 e. The average molecular weight is 274 g/mol.